The summed E-state index contributed by atoms with van der Waals surface area (Å²) in [4.78, 5) is 0. The molecular weight excluding hydrogens is 305 g/mol. The van der Waals surface area contributed by atoms with Crippen molar-refractivity contribution in [3.05, 3.63) is 59.7 Å². The Balaban J connectivity index is 2.30. The molecule has 2 aromatic rings. The van der Waals surface area contributed by atoms with Gasteiger partial charge in [-0.1, -0.05) is 61.2 Å². The van der Waals surface area contributed by atoms with Crippen LogP contribution in [0.2, 0.25) is 19.6 Å². The van der Waals surface area contributed by atoms with E-state index in [2.05, 4.69) is 0 Å². The summed E-state index contributed by atoms with van der Waals surface area (Å²) < 4.78 is 44.8. The number of ether oxygens (including phenoxy) is 1. The van der Waals surface area contributed by atoms with Crippen molar-refractivity contribution in [2.75, 3.05) is 0 Å². The highest BCUT2D eigenvalue weighted by molar-refractivity contribution is 6.88. The number of rotatable bonds is 4. The van der Waals surface area contributed by atoms with E-state index in [-0.39, 0.29) is 12.4 Å². The van der Waals surface area contributed by atoms with Crippen molar-refractivity contribution in [3.8, 4) is 5.75 Å². The molecule has 5 heteroatoms. The van der Waals surface area contributed by atoms with Crippen LogP contribution in [0.1, 0.15) is 11.1 Å². The van der Waals surface area contributed by atoms with Gasteiger partial charge in [-0.3, -0.25) is 0 Å². The normalized spacial score (nSPS) is 12.3. The first kappa shape index (κ1) is 16.6. The van der Waals surface area contributed by atoms with E-state index in [1.54, 1.807) is 6.07 Å². The first-order valence-corrected chi connectivity index (χ1v) is 10.6. The first-order valence-electron chi connectivity index (χ1n) is 7.06. The Kier molecular flexibility index (Phi) is 4.65. The summed E-state index contributed by atoms with van der Waals surface area (Å²) in [5, 5.41) is 0.741. The Labute approximate surface area is 129 Å². The topological polar surface area (TPSA) is 9.23 Å². The van der Waals surface area contributed by atoms with E-state index in [0.29, 0.717) is 0 Å². The third kappa shape index (κ3) is 4.37. The predicted molar refractivity (Wildman–Crippen MR) is 85.2 cm³/mol. The molecule has 0 aromatic heterocycles. The highest BCUT2D eigenvalue weighted by atomic mass is 28.3. The van der Waals surface area contributed by atoms with Gasteiger partial charge in [-0.25, -0.2) is 0 Å². The molecule has 0 spiro atoms. The maximum Gasteiger partial charge on any atom is 0.416 e. The summed E-state index contributed by atoms with van der Waals surface area (Å²) in [5.41, 5.74) is 0.282. The number of benzene rings is 2. The Morgan fingerprint density at radius 3 is 2.14 bits per heavy atom. The molecule has 0 aliphatic heterocycles. The van der Waals surface area contributed by atoms with Gasteiger partial charge in [0, 0.05) is 0 Å². The Morgan fingerprint density at radius 2 is 1.59 bits per heavy atom. The molecule has 0 saturated heterocycles. The van der Waals surface area contributed by atoms with E-state index in [4.69, 9.17) is 4.74 Å². The second-order valence-corrected chi connectivity index (χ2v) is 11.3. The van der Waals surface area contributed by atoms with Crippen LogP contribution in [0.3, 0.4) is 0 Å². The zero-order valence-corrected chi connectivity index (χ0v) is 13.9. The van der Waals surface area contributed by atoms with Crippen LogP contribution >= 0.6 is 0 Å². The fourth-order valence-electron chi connectivity index (χ4n) is 2.02. The Hall–Kier alpha value is -1.75. The van der Waals surface area contributed by atoms with Crippen LogP contribution < -0.4 is 9.92 Å². The third-order valence-corrected chi connectivity index (χ3v) is 5.37. The lowest BCUT2D eigenvalue weighted by Gasteiger charge is -2.20. The molecule has 22 heavy (non-hydrogen) atoms. The maximum atomic E-state index is 13.1. The molecule has 0 amide bonds. The Morgan fingerprint density at radius 1 is 0.955 bits per heavy atom. The van der Waals surface area contributed by atoms with Gasteiger partial charge in [0.1, 0.15) is 12.4 Å². The van der Waals surface area contributed by atoms with E-state index in [1.165, 1.54) is 6.07 Å². The van der Waals surface area contributed by atoms with Gasteiger partial charge in [0.25, 0.3) is 0 Å². The second kappa shape index (κ2) is 6.16. The van der Waals surface area contributed by atoms with Crippen molar-refractivity contribution in [2.45, 2.75) is 32.4 Å². The van der Waals surface area contributed by atoms with E-state index in [9.17, 15) is 13.2 Å². The highest BCUT2D eigenvalue weighted by Crippen LogP contribution is 2.31. The average molecular weight is 324 g/mol. The van der Waals surface area contributed by atoms with Gasteiger partial charge in [0.05, 0.1) is 13.6 Å². The monoisotopic (exact) mass is 324 g/mol. The van der Waals surface area contributed by atoms with Gasteiger partial charge >= 0.3 is 6.18 Å². The van der Waals surface area contributed by atoms with Crippen LogP contribution in [-0.4, -0.2) is 8.07 Å². The smallest absolute Gasteiger partial charge is 0.416 e. The quantitative estimate of drug-likeness (QED) is 0.732. The lowest BCUT2D eigenvalue weighted by Crippen LogP contribution is -2.38. The van der Waals surface area contributed by atoms with E-state index in [0.717, 1.165) is 16.8 Å². The first-order chi connectivity index (χ1) is 10.2. The van der Waals surface area contributed by atoms with Crippen molar-refractivity contribution < 1.29 is 17.9 Å². The van der Waals surface area contributed by atoms with E-state index in [1.807, 2.05) is 50.0 Å². The van der Waals surface area contributed by atoms with Gasteiger partial charge in [-0.2, -0.15) is 13.2 Å². The Bertz CT molecular complexity index is 598. The minimum Gasteiger partial charge on any atom is -0.489 e. The summed E-state index contributed by atoms with van der Waals surface area (Å²) >= 11 is 0. The number of hydrogen-bond acceptors (Lipinski definition) is 1. The molecule has 0 atom stereocenters. The average Bonchev–Trinajstić information content (AvgIpc) is 2.44. The molecule has 0 radical (unpaired) electrons. The number of halogens is 3. The van der Waals surface area contributed by atoms with Gasteiger partial charge in [-0.15, -0.1) is 0 Å². The van der Waals surface area contributed by atoms with Gasteiger partial charge in [-0.05, 0) is 17.7 Å². The number of hydrogen-bond donors (Lipinski definition) is 0. The largest absolute Gasteiger partial charge is 0.489 e. The van der Waals surface area contributed by atoms with Gasteiger partial charge < -0.3 is 4.74 Å². The van der Waals surface area contributed by atoms with Gasteiger partial charge in [0.15, 0.2) is 0 Å². The summed E-state index contributed by atoms with van der Waals surface area (Å²) in [6.07, 6.45) is -4.36. The standard InChI is InChI=1S/C17H19F3OSi/c1-22(2,3)16-10-14(17(18,19)20)9-15(11-16)21-12-13-7-5-4-6-8-13/h4-11H,12H2,1-3H3. The van der Waals surface area contributed by atoms with Crippen LogP contribution in [0.25, 0.3) is 0 Å². The van der Waals surface area contributed by atoms with Crippen LogP contribution in [0.5, 0.6) is 5.75 Å². The minimum absolute atomic E-state index is 0.257. The maximum absolute atomic E-state index is 13.1. The molecule has 0 bridgehead atoms. The molecule has 0 aliphatic rings. The van der Waals surface area contributed by atoms with Crippen molar-refractivity contribution in [1.82, 2.24) is 0 Å². The molecule has 0 unspecified atom stereocenters. The van der Waals surface area contributed by atoms with Crippen molar-refractivity contribution in [3.63, 3.8) is 0 Å². The molecule has 0 heterocycles. The van der Waals surface area contributed by atoms with E-state index < -0.39 is 19.8 Å². The molecule has 0 N–H and O–H groups in total. The molecule has 0 fully saturated rings. The molecule has 0 saturated carbocycles. The predicted octanol–water partition coefficient (Wildman–Crippen LogP) is 4.83. The molecule has 1 nitrogen and oxygen atoms in total. The fourth-order valence-corrected chi connectivity index (χ4v) is 3.18. The van der Waals surface area contributed by atoms with Crippen LogP contribution in [0.15, 0.2) is 48.5 Å². The van der Waals surface area contributed by atoms with Crippen molar-refractivity contribution in [2.24, 2.45) is 0 Å². The second-order valence-electron chi connectivity index (χ2n) is 6.27. The van der Waals surface area contributed by atoms with Gasteiger partial charge in [0.2, 0.25) is 0 Å². The molecule has 2 rings (SSSR count). The molecule has 0 aliphatic carbocycles. The molecule has 2 aromatic carbocycles. The van der Waals surface area contributed by atoms with Crippen LogP contribution in [0.4, 0.5) is 13.2 Å². The van der Waals surface area contributed by atoms with Crippen molar-refractivity contribution in [1.29, 1.82) is 0 Å². The van der Waals surface area contributed by atoms with Crippen LogP contribution in [-0.2, 0) is 12.8 Å². The molecular formula is C17H19F3OSi. The fraction of sp³-hybridized carbons (Fsp3) is 0.294. The highest BCUT2D eigenvalue weighted by Gasteiger charge is 2.32. The summed E-state index contributed by atoms with van der Waals surface area (Å²) in [7, 11) is -1.86. The number of alkyl halides is 3. The minimum atomic E-state index is -4.36. The van der Waals surface area contributed by atoms with Crippen LogP contribution in [0, 0.1) is 0 Å². The lowest BCUT2D eigenvalue weighted by molar-refractivity contribution is -0.137. The summed E-state index contributed by atoms with van der Waals surface area (Å²) in [6, 6.07) is 13.5. The SMILES string of the molecule is C[Si](C)(C)c1cc(OCc2ccccc2)cc(C(F)(F)F)c1. The van der Waals surface area contributed by atoms with Crippen molar-refractivity contribution >= 4 is 13.3 Å². The lowest BCUT2D eigenvalue weighted by atomic mass is 10.2. The third-order valence-electron chi connectivity index (χ3n) is 3.35. The zero-order valence-electron chi connectivity index (χ0n) is 12.9. The van der Waals surface area contributed by atoms with E-state index >= 15 is 0 Å². The summed E-state index contributed by atoms with van der Waals surface area (Å²) in [5.74, 6) is 0.274. The zero-order chi connectivity index (χ0) is 16.4. The molecule has 118 valence electrons. The summed E-state index contributed by atoms with van der Waals surface area (Å²) in [6.45, 7) is 6.31.